The third-order valence-corrected chi connectivity index (χ3v) is 12.6. The molecular weight excluding hydrogens is 681 g/mol. The van der Waals surface area contributed by atoms with E-state index in [0.29, 0.717) is 18.9 Å². The summed E-state index contributed by atoms with van der Waals surface area (Å²) in [5, 5.41) is 0. The maximum absolute atomic E-state index is 12.7. The first-order valence-electron chi connectivity index (χ1n) is 26.5. The van der Waals surface area contributed by atoms with Gasteiger partial charge in [0.1, 0.15) is 0 Å². The van der Waals surface area contributed by atoms with Gasteiger partial charge in [0.25, 0.3) is 0 Å². The van der Waals surface area contributed by atoms with E-state index >= 15 is 0 Å². The number of ether oxygens (including phenoxy) is 1. The topological polar surface area (TPSA) is 26.3 Å². The minimum absolute atomic E-state index is 0.0561. The molecule has 56 heavy (non-hydrogen) atoms. The van der Waals surface area contributed by atoms with E-state index in [4.69, 9.17) is 4.74 Å². The van der Waals surface area contributed by atoms with Crippen LogP contribution < -0.4 is 0 Å². The molecule has 0 rings (SSSR count). The van der Waals surface area contributed by atoms with E-state index in [1.165, 1.54) is 276 Å². The Morgan fingerprint density at radius 3 is 0.893 bits per heavy atom. The van der Waals surface area contributed by atoms with Crippen LogP contribution in [-0.2, 0) is 9.53 Å². The molecule has 0 radical (unpaired) electrons. The highest BCUT2D eigenvalue weighted by atomic mass is 16.5. The molecule has 0 spiro atoms. The van der Waals surface area contributed by atoms with Crippen molar-refractivity contribution in [2.75, 3.05) is 6.61 Å². The number of carbonyl (C=O) groups excluding carboxylic acids is 1. The van der Waals surface area contributed by atoms with Crippen molar-refractivity contribution in [2.24, 2.45) is 5.92 Å². The Morgan fingerprint density at radius 1 is 0.339 bits per heavy atom. The molecule has 2 nitrogen and oxygen atoms in total. The Hall–Kier alpha value is -0.790. The third-order valence-electron chi connectivity index (χ3n) is 12.6. The lowest BCUT2D eigenvalue weighted by Gasteiger charge is -2.17. The fourth-order valence-corrected chi connectivity index (χ4v) is 8.54. The van der Waals surface area contributed by atoms with Crippen molar-refractivity contribution in [1.29, 1.82) is 0 Å². The van der Waals surface area contributed by atoms with Crippen LogP contribution in [0, 0.1) is 5.92 Å². The summed E-state index contributed by atoms with van der Waals surface area (Å²) in [6, 6.07) is 0. The summed E-state index contributed by atoms with van der Waals surface area (Å²) < 4.78 is 5.92. The summed E-state index contributed by atoms with van der Waals surface area (Å²) in [6.07, 6.45) is 67.2. The summed E-state index contributed by atoms with van der Waals surface area (Å²) in [7, 11) is 0. The second-order valence-electron chi connectivity index (χ2n) is 18.4. The van der Waals surface area contributed by atoms with Crippen molar-refractivity contribution < 1.29 is 9.53 Å². The van der Waals surface area contributed by atoms with E-state index in [2.05, 4.69) is 32.9 Å². The molecule has 0 N–H and O–H groups in total. The molecule has 0 aliphatic rings. The molecular formula is C54H106O2. The molecule has 0 saturated carbocycles. The standard InChI is InChI=1S/C54H106O2/c1-4-7-10-13-16-19-22-25-28-30-32-35-38-41-44-47-50-53(49-46-43-40-37-34-31-27-24-21-18-15-12-9-6-3)52-56-54(55)51-48-45-42-39-36-33-29-26-23-20-17-14-11-8-5-2/h26,29,53H,4-25,27-28,30-52H2,1-3H3. The Balaban J connectivity index is 4.09. The molecule has 0 saturated heterocycles. The third kappa shape index (κ3) is 47.6. The molecule has 0 aromatic carbocycles. The second-order valence-corrected chi connectivity index (χ2v) is 18.4. The molecule has 2 heteroatoms. The van der Waals surface area contributed by atoms with Crippen LogP contribution >= 0.6 is 0 Å². The highest BCUT2D eigenvalue weighted by Gasteiger charge is 2.12. The lowest BCUT2D eigenvalue weighted by molar-refractivity contribution is -0.145. The number of hydrogen-bond acceptors (Lipinski definition) is 2. The van der Waals surface area contributed by atoms with Crippen molar-refractivity contribution in [3.8, 4) is 0 Å². The van der Waals surface area contributed by atoms with Gasteiger partial charge < -0.3 is 4.74 Å². The molecule has 0 amide bonds. The van der Waals surface area contributed by atoms with E-state index < -0.39 is 0 Å². The maximum Gasteiger partial charge on any atom is 0.305 e. The molecule has 0 fully saturated rings. The minimum Gasteiger partial charge on any atom is -0.465 e. The highest BCUT2D eigenvalue weighted by Crippen LogP contribution is 2.22. The van der Waals surface area contributed by atoms with Crippen LogP contribution in [0.2, 0.25) is 0 Å². The first-order valence-corrected chi connectivity index (χ1v) is 26.5. The number of unbranched alkanes of at least 4 members (excludes halogenated alkanes) is 39. The van der Waals surface area contributed by atoms with Crippen molar-refractivity contribution in [3.63, 3.8) is 0 Å². The number of hydrogen-bond donors (Lipinski definition) is 0. The normalized spacial score (nSPS) is 12.3. The summed E-state index contributed by atoms with van der Waals surface area (Å²) in [4.78, 5) is 12.7. The average molecular weight is 787 g/mol. The average Bonchev–Trinajstić information content (AvgIpc) is 3.20. The minimum atomic E-state index is 0.0561. The predicted octanol–water partition coefficient (Wildman–Crippen LogP) is 19.7. The number of rotatable bonds is 49. The Morgan fingerprint density at radius 2 is 0.589 bits per heavy atom. The van der Waals surface area contributed by atoms with Gasteiger partial charge in [0.05, 0.1) is 6.61 Å². The van der Waals surface area contributed by atoms with Gasteiger partial charge in [0.15, 0.2) is 0 Å². The van der Waals surface area contributed by atoms with Gasteiger partial charge in [-0.05, 0) is 50.9 Å². The molecule has 0 heterocycles. The van der Waals surface area contributed by atoms with Gasteiger partial charge in [-0.25, -0.2) is 0 Å². The van der Waals surface area contributed by atoms with E-state index in [-0.39, 0.29) is 5.97 Å². The molecule has 1 atom stereocenters. The Kier molecular flexibility index (Phi) is 49.6. The van der Waals surface area contributed by atoms with Crippen LogP contribution in [0.15, 0.2) is 12.2 Å². The van der Waals surface area contributed by atoms with Gasteiger partial charge in [-0.15, -0.1) is 0 Å². The van der Waals surface area contributed by atoms with Gasteiger partial charge in [0.2, 0.25) is 0 Å². The Bertz CT molecular complexity index is 743. The smallest absolute Gasteiger partial charge is 0.305 e. The van der Waals surface area contributed by atoms with E-state index in [9.17, 15) is 4.79 Å². The molecule has 0 aliphatic carbocycles. The van der Waals surface area contributed by atoms with E-state index in [0.717, 1.165) is 12.8 Å². The van der Waals surface area contributed by atoms with Crippen LogP contribution in [0.25, 0.3) is 0 Å². The largest absolute Gasteiger partial charge is 0.465 e. The molecule has 0 aromatic rings. The van der Waals surface area contributed by atoms with Gasteiger partial charge in [-0.3, -0.25) is 4.79 Å². The van der Waals surface area contributed by atoms with Gasteiger partial charge >= 0.3 is 5.97 Å². The molecule has 334 valence electrons. The molecule has 0 aromatic heterocycles. The van der Waals surface area contributed by atoms with Crippen molar-refractivity contribution >= 4 is 5.97 Å². The number of carbonyl (C=O) groups is 1. The summed E-state index contributed by atoms with van der Waals surface area (Å²) in [5.74, 6) is 0.623. The fourth-order valence-electron chi connectivity index (χ4n) is 8.54. The Labute approximate surface area is 355 Å². The molecule has 0 aliphatic heterocycles. The van der Waals surface area contributed by atoms with Crippen molar-refractivity contribution in [2.45, 2.75) is 316 Å². The lowest BCUT2D eigenvalue weighted by atomic mass is 9.94. The van der Waals surface area contributed by atoms with Crippen LogP contribution in [0.3, 0.4) is 0 Å². The SMILES string of the molecule is CCCCCCCCC=CCCCCCCCC(=O)OCC(CCCCCCCCCCCCCCCC)CCCCCCCCCCCCCCCCCC. The molecule has 1 unspecified atom stereocenters. The van der Waals surface area contributed by atoms with Gasteiger partial charge in [-0.2, -0.15) is 0 Å². The first kappa shape index (κ1) is 55.2. The number of allylic oxidation sites excluding steroid dienone is 2. The van der Waals surface area contributed by atoms with E-state index in [1.807, 2.05) is 0 Å². The van der Waals surface area contributed by atoms with Gasteiger partial charge in [0, 0.05) is 6.42 Å². The van der Waals surface area contributed by atoms with Crippen LogP contribution in [0.4, 0.5) is 0 Å². The quantitative estimate of drug-likeness (QED) is 0.0349. The maximum atomic E-state index is 12.7. The molecule has 0 bridgehead atoms. The summed E-state index contributed by atoms with van der Waals surface area (Å²) in [6.45, 7) is 7.57. The first-order chi connectivity index (χ1) is 27.7. The van der Waals surface area contributed by atoms with Crippen molar-refractivity contribution in [3.05, 3.63) is 12.2 Å². The predicted molar refractivity (Wildman–Crippen MR) is 253 cm³/mol. The number of esters is 1. The second kappa shape index (κ2) is 50.4. The highest BCUT2D eigenvalue weighted by molar-refractivity contribution is 5.69. The monoisotopic (exact) mass is 787 g/mol. The fraction of sp³-hybridized carbons (Fsp3) is 0.944. The van der Waals surface area contributed by atoms with Crippen LogP contribution in [0.5, 0.6) is 0 Å². The summed E-state index contributed by atoms with van der Waals surface area (Å²) in [5.41, 5.74) is 0. The van der Waals surface area contributed by atoms with Crippen LogP contribution in [0.1, 0.15) is 316 Å². The zero-order chi connectivity index (χ0) is 40.5. The zero-order valence-corrected chi connectivity index (χ0v) is 39.3. The van der Waals surface area contributed by atoms with Gasteiger partial charge in [-0.1, -0.05) is 277 Å². The summed E-state index contributed by atoms with van der Waals surface area (Å²) >= 11 is 0. The zero-order valence-electron chi connectivity index (χ0n) is 39.3. The van der Waals surface area contributed by atoms with Crippen LogP contribution in [-0.4, -0.2) is 12.6 Å². The van der Waals surface area contributed by atoms with E-state index in [1.54, 1.807) is 0 Å². The van der Waals surface area contributed by atoms with Crippen molar-refractivity contribution in [1.82, 2.24) is 0 Å². The lowest BCUT2D eigenvalue weighted by Crippen LogP contribution is -2.14.